The van der Waals surface area contributed by atoms with Crippen LogP contribution in [-0.4, -0.2) is 46.3 Å². The van der Waals surface area contributed by atoms with E-state index in [4.69, 9.17) is 21.1 Å². The van der Waals surface area contributed by atoms with Crippen molar-refractivity contribution in [2.75, 3.05) is 18.5 Å². The van der Waals surface area contributed by atoms with Crippen molar-refractivity contribution >= 4 is 57.7 Å². The number of aliphatic imine (C=N–C) groups is 1. The van der Waals surface area contributed by atoms with Crippen LogP contribution in [0, 0.1) is 0 Å². The molecule has 0 saturated carbocycles. The fourth-order valence-electron chi connectivity index (χ4n) is 3.82. The first-order valence-corrected chi connectivity index (χ1v) is 13.7. The Bertz CT molecular complexity index is 1340. The van der Waals surface area contributed by atoms with Crippen molar-refractivity contribution in [1.29, 1.82) is 0 Å². The first-order chi connectivity index (χ1) is 18.9. The maximum Gasteiger partial charge on any atom is 0.338 e. The van der Waals surface area contributed by atoms with Gasteiger partial charge in [-0.1, -0.05) is 35.5 Å². The van der Waals surface area contributed by atoms with Crippen LogP contribution < -0.4 is 10.1 Å². The van der Waals surface area contributed by atoms with Gasteiger partial charge in [0, 0.05) is 17.1 Å². The van der Waals surface area contributed by atoms with Crippen LogP contribution in [0.4, 0.5) is 11.4 Å². The normalized spacial score (nSPS) is 15.9. The van der Waals surface area contributed by atoms with Gasteiger partial charge in [-0.2, -0.15) is 0 Å². The van der Waals surface area contributed by atoms with Crippen molar-refractivity contribution in [3.05, 3.63) is 88.9 Å². The molecule has 0 spiro atoms. The lowest BCUT2D eigenvalue weighted by molar-refractivity contribution is -0.128. The summed E-state index contributed by atoms with van der Waals surface area (Å²) >= 11 is 7.26. The molecule has 39 heavy (non-hydrogen) atoms. The second-order valence-electron chi connectivity index (χ2n) is 8.53. The lowest BCUT2D eigenvalue weighted by Crippen LogP contribution is -2.33. The molecule has 3 aromatic carbocycles. The number of carbonyl (C=O) groups excluding carboxylic acids is 3. The molecule has 0 bridgehead atoms. The SMILES string of the molecule is CCOC(=O)c1ccc(N=C2S[C@H](CC(=O)Nc3ccc(OCC)cc3)C(=O)N2Cc2ccc(Cl)cc2)cc1. The number of carbonyl (C=O) groups is 3. The number of thioether (sulfide) groups is 1. The Labute approximate surface area is 236 Å². The van der Waals surface area contributed by atoms with Crippen LogP contribution in [-0.2, 0) is 20.9 Å². The third kappa shape index (κ3) is 7.61. The zero-order chi connectivity index (χ0) is 27.8. The van der Waals surface area contributed by atoms with Gasteiger partial charge in [0.05, 0.1) is 31.0 Å². The molecular formula is C29H28ClN3O5S. The van der Waals surface area contributed by atoms with Crippen molar-refractivity contribution < 1.29 is 23.9 Å². The predicted octanol–water partition coefficient (Wildman–Crippen LogP) is 6.08. The van der Waals surface area contributed by atoms with Gasteiger partial charge < -0.3 is 14.8 Å². The lowest BCUT2D eigenvalue weighted by Gasteiger charge is -2.17. The number of hydrogen-bond donors (Lipinski definition) is 1. The Hall–Kier alpha value is -3.82. The van der Waals surface area contributed by atoms with Crippen LogP contribution in [0.25, 0.3) is 0 Å². The summed E-state index contributed by atoms with van der Waals surface area (Å²) in [6.45, 7) is 4.77. The molecule has 0 radical (unpaired) electrons. The Kier molecular flexibility index (Phi) is 9.62. The van der Waals surface area contributed by atoms with E-state index in [0.29, 0.717) is 39.5 Å². The number of hydrogen-bond acceptors (Lipinski definition) is 7. The van der Waals surface area contributed by atoms with Crippen LogP contribution in [0.2, 0.25) is 5.02 Å². The fraction of sp³-hybridized carbons (Fsp3) is 0.241. The molecule has 3 aromatic rings. The van der Waals surface area contributed by atoms with Gasteiger partial charge in [0.1, 0.15) is 11.0 Å². The number of benzene rings is 3. The molecule has 1 aliphatic heterocycles. The molecule has 0 aliphatic carbocycles. The highest BCUT2D eigenvalue weighted by Crippen LogP contribution is 2.33. The number of halogens is 1. The Morgan fingerprint density at radius 3 is 2.31 bits per heavy atom. The zero-order valence-corrected chi connectivity index (χ0v) is 23.1. The van der Waals surface area contributed by atoms with Gasteiger partial charge in [0.25, 0.3) is 0 Å². The number of amidine groups is 1. The van der Waals surface area contributed by atoms with Crippen molar-refractivity contribution in [3.8, 4) is 5.75 Å². The average Bonchev–Trinajstić information content (AvgIpc) is 3.20. The van der Waals surface area contributed by atoms with E-state index >= 15 is 0 Å². The average molecular weight is 566 g/mol. The molecule has 1 heterocycles. The predicted molar refractivity (Wildman–Crippen MR) is 154 cm³/mol. The van der Waals surface area contributed by atoms with Gasteiger partial charge >= 0.3 is 5.97 Å². The molecule has 0 unspecified atom stereocenters. The second kappa shape index (κ2) is 13.3. The summed E-state index contributed by atoms with van der Waals surface area (Å²) in [5.41, 5.74) is 2.47. The number of nitrogens with one attached hydrogen (secondary N) is 1. The van der Waals surface area contributed by atoms with E-state index in [9.17, 15) is 14.4 Å². The molecule has 1 N–H and O–H groups in total. The van der Waals surface area contributed by atoms with Crippen molar-refractivity contribution in [1.82, 2.24) is 4.90 Å². The molecule has 0 aromatic heterocycles. The molecule has 2 amide bonds. The largest absolute Gasteiger partial charge is 0.494 e. The molecular weight excluding hydrogens is 538 g/mol. The quantitative estimate of drug-likeness (QED) is 0.299. The van der Waals surface area contributed by atoms with Crippen molar-refractivity contribution in [2.45, 2.75) is 32.1 Å². The monoisotopic (exact) mass is 565 g/mol. The Morgan fingerprint density at radius 1 is 0.974 bits per heavy atom. The summed E-state index contributed by atoms with van der Waals surface area (Å²) in [5.74, 6) is -0.189. The van der Waals surface area contributed by atoms with E-state index < -0.39 is 11.2 Å². The number of anilines is 1. The minimum atomic E-state index is -0.641. The smallest absolute Gasteiger partial charge is 0.338 e. The third-order valence-corrected chi connectivity index (χ3v) is 7.12. The van der Waals surface area contributed by atoms with Crippen LogP contribution in [0.5, 0.6) is 5.75 Å². The maximum absolute atomic E-state index is 13.4. The summed E-state index contributed by atoms with van der Waals surface area (Å²) in [4.78, 5) is 44.5. The van der Waals surface area contributed by atoms with E-state index in [1.165, 1.54) is 11.8 Å². The van der Waals surface area contributed by atoms with Gasteiger partial charge in [-0.05, 0) is 80.1 Å². The number of esters is 1. The number of rotatable bonds is 10. The Morgan fingerprint density at radius 2 is 1.67 bits per heavy atom. The number of nitrogens with zero attached hydrogens (tertiary/aromatic N) is 2. The van der Waals surface area contributed by atoms with Crippen LogP contribution >= 0.6 is 23.4 Å². The van der Waals surface area contributed by atoms with Gasteiger partial charge in [0.2, 0.25) is 11.8 Å². The first kappa shape index (κ1) is 28.2. The first-order valence-electron chi connectivity index (χ1n) is 12.5. The molecule has 4 rings (SSSR count). The standard InChI is InChI=1S/C29H28ClN3O5S/c1-3-37-24-15-13-22(14-16-24)31-26(34)17-25-27(35)33(18-19-5-9-21(30)10-6-19)29(39-25)32-23-11-7-20(8-12-23)28(36)38-4-2/h5-16,25H,3-4,17-18H2,1-2H3,(H,31,34)/t25-/m1/s1. The highest BCUT2D eigenvalue weighted by molar-refractivity contribution is 8.15. The molecule has 1 atom stereocenters. The van der Waals surface area contributed by atoms with E-state index in [0.717, 1.165) is 5.56 Å². The van der Waals surface area contributed by atoms with Gasteiger partial charge in [-0.15, -0.1) is 0 Å². The molecule has 8 nitrogen and oxygen atoms in total. The van der Waals surface area contributed by atoms with Gasteiger partial charge in [-0.25, -0.2) is 9.79 Å². The van der Waals surface area contributed by atoms with Crippen LogP contribution in [0.1, 0.15) is 36.2 Å². The van der Waals surface area contributed by atoms with Crippen molar-refractivity contribution in [3.63, 3.8) is 0 Å². The van der Waals surface area contributed by atoms with E-state index in [1.54, 1.807) is 72.5 Å². The minimum absolute atomic E-state index is 0.0192. The highest BCUT2D eigenvalue weighted by atomic mass is 35.5. The lowest BCUT2D eigenvalue weighted by atomic mass is 10.2. The second-order valence-corrected chi connectivity index (χ2v) is 10.1. The van der Waals surface area contributed by atoms with Crippen molar-refractivity contribution in [2.24, 2.45) is 4.99 Å². The number of ether oxygens (including phenoxy) is 2. The zero-order valence-electron chi connectivity index (χ0n) is 21.6. The topological polar surface area (TPSA) is 97.3 Å². The molecule has 202 valence electrons. The fourth-order valence-corrected chi connectivity index (χ4v) is 5.10. The molecule has 10 heteroatoms. The Balaban J connectivity index is 1.51. The van der Waals surface area contributed by atoms with Crippen LogP contribution in [0.15, 0.2) is 77.8 Å². The van der Waals surface area contributed by atoms with E-state index in [-0.39, 0.29) is 31.4 Å². The summed E-state index contributed by atoms with van der Waals surface area (Å²) in [5, 5.41) is 3.27. The molecule has 1 aliphatic rings. The number of amides is 2. The summed E-state index contributed by atoms with van der Waals surface area (Å²) in [6.07, 6.45) is -0.0192. The molecule has 1 saturated heterocycles. The third-order valence-electron chi connectivity index (χ3n) is 5.70. The summed E-state index contributed by atoms with van der Waals surface area (Å²) < 4.78 is 10.5. The molecule has 1 fully saturated rings. The summed E-state index contributed by atoms with van der Waals surface area (Å²) in [7, 11) is 0. The summed E-state index contributed by atoms with van der Waals surface area (Å²) in [6, 6.07) is 20.9. The minimum Gasteiger partial charge on any atom is -0.494 e. The van der Waals surface area contributed by atoms with E-state index in [1.807, 2.05) is 19.1 Å². The maximum atomic E-state index is 13.4. The van der Waals surface area contributed by atoms with Gasteiger partial charge in [-0.3, -0.25) is 14.5 Å². The van der Waals surface area contributed by atoms with E-state index in [2.05, 4.69) is 10.3 Å². The highest BCUT2D eigenvalue weighted by Gasteiger charge is 2.39. The van der Waals surface area contributed by atoms with Gasteiger partial charge in [0.15, 0.2) is 5.17 Å². The van der Waals surface area contributed by atoms with Crippen LogP contribution in [0.3, 0.4) is 0 Å².